The van der Waals surface area contributed by atoms with E-state index in [1.165, 1.54) is 0 Å². The Labute approximate surface area is 64.3 Å². The van der Waals surface area contributed by atoms with Crippen LogP contribution in [0.4, 0.5) is 0 Å². The Kier molecular flexibility index (Phi) is 4.16. The van der Waals surface area contributed by atoms with Crippen LogP contribution in [0, 0.1) is 0 Å². The maximum atomic E-state index is 10.4. The lowest BCUT2D eigenvalue weighted by molar-refractivity contribution is -0.121. The molecule has 0 aliphatic heterocycles. The molecule has 0 saturated heterocycles. The second-order valence-electron chi connectivity index (χ2n) is 2.09. The van der Waals surface area contributed by atoms with Crippen molar-refractivity contribution in [1.82, 2.24) is 10.9 Å². The van der Waals surface area contributed by atoms with Crippen LogP contribution < -0.4 is 22.3 Å². The Morgan fingerprint density at radius 2 is 2.00 bits per heavy atom. The van der Waals surface area contributed by atoms with Gasteiger partial charge in [0.15, 0.2) is 0 Å². The van der Waals surface area contributed by atoms with Crippen molar-refractivity contribution >= 4 is 11.8 Å². The van der Waals surface area contributed by atoms with E-state index in [1.54, 1.807) is 6.92 Å². The Morgan fingerprint density at radius 1 is 1.45 bits per heavy atom. The van der Waals surface area contributed by atoms with Gasteiger partial charge in [-0.1, -0.05) is 0 Å². The summed E-state index contributed by atoms with van der Waals surface area (Å²) < 4.78 is 0. The van der Waals surface area contributed by atoms with Crippen molar-refractivity contribution in [2.75, 3.05) is 6.54 Å². The number of carbonyl (C=O) groups excluding carboxylic acids is 2. The van der Waals surface area contributed by atoms with Crippen LogP contribution in [0.5, 0.6) is 0 Å². The molecule has 0 heterocycles. The Balaban J connectivity index is 3.39. The van der Waals surface area contributed by atoms with E-state index in [2.05, 4.69) is 10.9 Å². The van der Waals surface area contributed by atoms with Crippen molar-refractivity contribution in [1.29, 1.82) is 0 Å². The zero-order valence-electron chi connectivity index (χ0n) is 6.26. The van der Waals surface area contributed by atoms with E-state index in [1.807, 2.05) is 0 Å². The van der Waals surface area contributed by atoms with E-state index < -0.39 is 17.9 Å². The fourth-order valence-electron chi connectivity index (χ4n) is 0.362. The monoisotopic (exact) mass is 160 g/mol. The van der Waals surface area contributed by atoms with Gasteiger partial charge in [-0.3, -0.25) is 9.59 Å². The molecule has 64 valence electrons. The lowest BCUT2D eigenvalue weighted by atomic mass is 10.3. The van der Waals surface area contributed by atoms with Crippen molar-refractivity contribution in [2.24, 2.45) is 11.5 Å². The third-order valence-electron chi connectivity index (χ3n) is 1.01. The standard InChI is InChI=1S/C5H12N4O2/c1-3(5(7)11)9-8-2-4(6)10/h3,8-9H,2H2,1H3,(H2,6,10)(H2,7,11). The van der Waals surface area contributed by atoms with Crippen LogP contribution >= 0.6 is 0 Å². The summed E-state index contributed by atoms with van der Waals surface area (Å²) in [7, 11) is 0. The van der Waals surface area contributed by atoms with Gasteiger partial charge in [-0.2, -0.15) is 0 Å². The molecule has 0 aromatic heterocycles. The number of rotatable bonds is 5. The molecule has 6 nitrogen and oxygen atoms in total. The summed E-state index contributed by atoms with van der Waals surface area (Å²) in [6.45, 7) is 1.54. The van der Waals surface area contributed by atoms with Crippen LogP contribution in [0.3, 0.4) is 0 Å². The Hall–Kier alpha value is -1.14. The van der Waals surface area contributed by atoms with Gasteiger partial charge in [0.05, 0.1) is 12.6 Å². The average molecular weight is 160 g/mol. The number of nitrogens with two attached hydrogens (primary N) is 2. The lowest BCUT2D eigenvalue weighted by Gasteiger charge is -2.09. The molecular formula is C5H12N4O2. The molecule has 0 aromatic rings. The fourth-order valence-corrected chi connectivity index (χ4v) is 0.362. The minimum Gasteiger partial charge on any atom is -0.369 e. The molecule has 1 unspecified atom stereocenters. The largest absolute Gasteiger partial charge is 0.369 e. The normalized spacial score (nSPS) is 12.5. The molecule has 0 bridgehead atoms. The number of carbonyl (C=O) groups is 2. The molecule has 0 fully saturated rings. The molecule has 0 radical (unpaired) electrons. The second-order valence-corrected chi connectivity index (χ2v) is 2.09. The predicted octanol–water partition coefficient (Wildman–Crippen LogP) is -2.56. The molecule has 2 amide bonds. The molecule has 0 saturated carbocycles. The van der Waals surface area contributed by atoms with Gasteiger partial charge in [0.1, 0.15) is 0 Å². The highest BCUT2D eigenvalue weighted by molar-refractivity contribution is 5.79. The summed E-state index contributed by atoms with van der Waals surface area (Å²) in [5.41, 5.74) is 14.6. The molecule has 0 spiro atoms. The topological polar surface area (TPSA) is 110 Å². The van der Waals surface area contributed by atoms with E-state index in [0.717, 1.165) is 0 Å². The molecule has 0 aromatic carbocycles. The smallest absolute Gasteiger partial charge is 0.235 e. The summed E-state index contributed by atoms with van der Waals surface area (Å²) in [6.07, 6.45) is 0. The SMILES string of the molecule is CC(NNCC(N)=O)C(N)=O. The van der Waals surface area contributed by atoms with Crippen molar-refractivity contribution in [2.45, 2.75) is 13.0 Å². The van der Waals surface area contributed by atoms with Crippen LogP contribution in [-0.4, -0.2) is 24.4 Å². The van der Waals surface area contributed by atoms with Crippen LogP contribution in [0.1, 0.15) is 6.92 Å². The summed E-state index contributed by atoms with van der Waals surface area (Å²) in [5.74, 6) is -1.00. The first-order chi connectivity index (χ1) is 5.04. The van der Waals surface area contributed by atoms with E-state index >= 15 is 0 Å². The fraction of sp³-hybridized carbons (Fsp3) is 0.600. The Bertz CT molecular complexity index is 159. The van der Waals surface area contributed by atoms with Gasteiger partial charge in [-0.05, 0) is 6.92 Å². The maximum Gasteiger partial charge on any atom is 0.235 e. The minimum atomic E-state index is -0.519. The summed E-state index contributed by atoms with van der Waals surface area (Å²) in [4.78, 5) is 20.5. The van der Waals surface area contributed by atoms with Crippen molar-refractivity contribution in [3.8, 4) is 0 Å². The summed E-state index contributed by atoms with van der Waals surface area (Å²) in [6, 6.07) is -0.519. The van der Waals surface area contributed by atoms with Crippen molar-refractivity contribution in [3.63, 3.8) is 0 Å². The molecule has 6 N–H and O–H groups in total. The molecule has 0 aliphatic rings. The molecule has 1 atom stereocenters. The average Bonchev–Trinajstić information content (AvgIpc) is 1.86. The second kappa shape index (κ2) is 4.64. The number of primary amides is 2. The highest BCUT2D eigenvalue weighted by atomic mass is 16.2. The van der Waals surface area contributed by atoms with Gasteiger partial charge in [0, 0.05) is 0 Å². The van der Waals surface area contributed by atoms with E-state index in [0.29, 0.717) is 0 Å². The van der Waals surface area contributed by atoms with Crippen LogP contribution in [0.15, 0.2) is 0 Å². The van der Waals surface area contributed by atoms with Crippen molar-refractivity contribution < 1.29 is 9.59 Å². The molecule has 0 aliphatic carbocycles. The van der Waals surface area contributed by atoms with Gasteiger partial charge in [-0.15, -0.1) is 0 Å². The number of nitrogens with one attached hydrogen (secondary N) is 2. The number of hydrogen-bond donors (Lipinski definition) is 4. The van der Waals surface area contributed by atoms with Crippen LogP contribution in [-0.2, 0) is 9.59 Å². The molecule has 6 heteroatoms. The van der Waals surface area contributed by atoms with Gasteiger partial charge in [0.25, 0.3) is 0 Å². The van der Waals surface area contributed by atoms with E-state index in [9.17, 15) is 9.59 Å². The van der Waals surface area contributed by atoms with Gasteiger partial charge < -0.3 is 11.5 Å². The third kappa shape index (κ3) is 5.31. The number of amides is 2. The highest BCUT2D eigenvalue weighted by Gasteiger charge is 2.06. The predicted molar refractivity (Wildman–Crippen MR) is 39.0 cm³/mol. The maximum absolute atomic E-state index is 10.4. The van der Waals surface area contributed by atoms with Gasteiger partial charge >= 0.3 is 0 Å². The quantitative estimate of drug-likeness (QED) is 0.331. The van der Waals surface area contributed by atoms with Gasteiger partial charge in [0.2, 0.25) is 11.8 Å². The summed E-state index contributed by atoms with van der Waals surface area (Å²) in [5, 5.41) is 0. The highest BCUT2D eigenvalue weighted by Crippen LogP contribution is 1.72. The molecule has 11 heavy (non-hydrogen) atoms. The third-order valence-corrected chi connectivity index (χ3v) is 1.01. The first-order valence-corrected chi connectivity index (χ1v) is 3.10. The van der Waals surface area contributed by atoms with Crippen LogP contribution in [0.25, 0.3) is 0 Å². The zero-order chi connectivity index (χ0) is 8.85. The first-order valence-electron chi connectivity index (χ1n) is 3.10. The first kappa shape index (κ1) is 9.86. The minimum absolute atomic E-state index is 0.0301. The number of hydrogen-bond acceptors (Lipinski definition) is 4. The van der Waals surface area contributed by atoms with Gasteiger partial charge in [-0.25, -0.2) is 10.9 Å². The zero-order valence-corrected chi connectivity index (χ0v) is 6.26. The van der Waals surface area contributed by atoms with E-state index in [-0.39, 0.29) is 6.54 Å². The summed E-state index contributed by atoms with van der Waals surface area (Å²) >= 11 is 0. The molecule has 0 rings (SSSR count). The van der Waals surface area contributed by atoms with Crippen LogP contribution in [0.2, 0.25) is 0 Å². The molecular weight excluding hydrogens is 148 g/mol. The van der Waals surface area contributed by atoms with Crippen molar-refractivity contribution in [3.05, 3.63) is 0 Å². The Morgan fingerprint density at radius 3 is 2.36 bits per heavy atom. The lowest BCUT2D eigenvalue weighted by Crippen LogP contribution is -2.48. The number of hydrazine groups is 1. The van der Waals surface area contributed by atoms with E-state index in [4.69, 9.17) is 11.5 Å².